The predicted octanol–water partition coefficient (Wildman–Crippen LogP) is 1.27. The molecule has 1 aliphatic heterocycles. The first-order chi connectivity index (χ1) is 20.4. The Kier molecular flexibility index (Phi) is 14.7. The van der Waals surface area contributed by atoms with Crippen LogP contribution in [0.4, 0.5) is 0 Å². The molecule has 0 saturated carbocycles. The second-order valence-corrected chi connectivity index (χ2v) is 9.30. The molecule has 13 heteroatoms. The Morgan fingerprint density at radius 1 is 0.762 bits per heavy atom. The minimum absolute atomic E-state index is 0.0122. The maximum atomic E-state index is 11.6. The lowest BCUT2D eigenvalue weighted by molar-refractivity contribution is 0.00596. The minimum atomic E-state index is -1.15. The lowest BCUT2D eigenvalue weighted by Gasteiger charge is -2.23. The van der Waals surface area contributed by atoms with Gasteiger partial charge in [0.05, 0.1) is 64.2 Å². The SMILES string of the molecule is C#CCOc1cc(CN2CCOCCOCCN(Cc3cccc(C(=O)O)n3)CCOCCOCC2)nc(C(=O)O)c1. The van der Waals surface area contributed by atoms with Crippen molar-refractivity contribution in [1.82, 2.24) is 19.8 Å². The van der Waals surface area contributed by atoms with E-state index in [0.29, 0.717) is 109 Å². The van der Waals surface area contributed by atoms with Crippen LogP contribution in [0, 0.1) is 12.3 Å². The summed E-state index contributed by atoms with van der Waals surface area (Å²) in [7, 11) is 0. The first-order valence-corrected chi connectivity index (χ1v) is 13.7. The van der Waals surface area contributed by atoms with Crippen molar-refractivity contribution in [1.29, 1.82) is 0 Å². The van der Waals surface area contributed by atoms with Gasteiger partial charge < -0.3 is 33.9 Å². The summed E-state index contributed by atoms with van der Waals surface area (Å²) in [5.74, 6) is 0.508. The lowest BCUT2D eigenvalue weighted by atomic mass is 10.2. The van der Waals surface area contributed by atoms with E-state index >= 15 is 0 Å². The monoisotopic (exact) mass is 586 g/mol. The van der Waals surface area contributed by atoms with Crippen LogP contribution < -0.4 is 4.74 Å². The number of carboxylic acids is 2. The first kappa shape index (κ1) is 32.9. The van der Waals surface area contributed by atoms with Gasteiger partial charge in [-0.05, 0) is 12.1 Å². The molecule has 3 heterocycles. The van der Waals surface area contributed by atoms with E-state index in [1.807, 2.05) is 0 Å². The molecule has 0 spiro atoms. The van der Waals surface area contributed by atoms with Gasteiger partial charge in [-0.2, -0.15) is 0 Å². The summed E-state index contributed by atoms with van der Waals surface area (Å²) in [4.78, 5) is 35.5. The second-order valence-electron chi connectivity index (χ2n) is 9.30. The van der Waals surface area contributed by atoms with Crippen LogP contribution in [0.3, 0.4) is 0 Å². The van der Waals surface area contributed by atoms with Gasteiger partial charge in [0.15, 0.2) is 5.69 Å². The molecule has 3 rings (SSSR count). The molecule has 0 aliphatic carbocycles. The zero-order valence-electron chi connectivity index (χ0n) is 23.6. The summed E-state index contributed by atoms with van der Waals surface area (Å²) >= 11 is 0. The van der Waals surface area contributed by atoms with Crippen LogP contribution in [0.5, 0.6) is 5.75 Å². The number of hydrogen-bond acceptors (Lipinski definition) is 11. The Balaban J connectivity index is 1.53. The molecule has 228 valence electrons. The smallest absolute Gasteiger partial charge is 0.354 e. The molecule has 1 aliphatic rings. The van der Waals surface area contributed by atoms with Gasteiger partial charge in [-0.15, -0.1) is 6.42 Å². The number of rotatable bonds is 8. The van der Waals surface area contributed by atoms with Crippen molar-refractivity contribution in [3.05, 3.63) is 53.1 Å². The molecule has 0 radical (unpaired) electrons. The lowest BCUT2D eigenvalue weighted by Crippen LogP contribution is -2.33. The van der Waals surface area contributed by atoms with E-state index in [2.05, 4.69) is 25.7 Å². The number of terminal acetylenes is 1. The number of aromatic nitrogens is 2. The molecular formula is C29H38N4O9. The van der Waals surface area contributed by atoms with Crippen molar-refractivity contribution in [3.8, 4) is 18.1 Å². The van der Waals surface area contributed by atoms with Gasteiger partial charge >= 0.3 is 11.9 Å². The topological polar surface area (TPSA) is 153 Å². The van der Waals surface area contributed by atoms with E-state index in [1.165, 1.54) is 12.1 Å². The summed E-state index contributed by atoms with van der Waals surface area (Å²) in [5.41, 5.74) is 1.09. The molecule has 0 aromatic carbocycles. The highest BCUT2D eigenvalue weighted by molar-refractivity contribution is 5.86. The number of hydrogen-bond donors (Lipinski definition) is 2. The molecule has 1 saturated heterocycles. The average molecular weight is 587 g/mol. The maximum Gasteiger partial charge on any atom is 0.354 e. The van der Waals surface area contributed by atoms with Crippen LogP contribution in [0.15, 0.2) is 30.3 Å². The Morgan fingerprint density at radius 3 is 1.76 bits per heavy atom. The highest BCUT2D eigenvalue weighted by Gasteiger charge is 2.14. The number of aromatic carboxylic acids is 2. The fourth-order valence-corrected chi connectivity index (χ4v) is 4.06. The van der Waals surface area contributed by atoms with E-state index in [9.17, 15) is 19.8 Å². The molecule has 42 heavy (non-hydrogen) atoms. The fourth-order valence-electron chi connectivity index (χ4n) is 4.06. The fraction of sp³-hybridized carbons (Fsp3) is 0.517. The second kappa shape index (κ2) is 18.7. The Morgan fingerprint density at radius 2 is 1.26 bits per heavy atom. The largest absolute Gasteiger partial charge is 0.481 e. The number of ether oxygens (including phenoxy) is 5. The summed E-state index contributed by atoms with van der Waals surface area (Å²) in [6, 6.07) is 7.99. The Labute approximate surface area is 245 Å². The van der Waals surface area contributed by atoms with Crippen molar-refractivity contribution in [2.24, 2.45) is 0 Å². The van der Waals surface area contributed by atoms with Crippen molar-refractivity contribution in [3.63, 3.8) is 0 Å². The number of carboxylic acid groups (broad SMARTS) is 2. The first-order valence-electron chi connectivity index (χ1n) is 13.7. The molecule has 2 aromatic rings. The minimum Gasteiger partial charge on any atom is -0.481 e. The van der Waals surface area contributed by atoms with E-state index in [0.717, 1.165) is 0 Å². The molecule has 0 amide bonds. The summed E-state index contributed by atoms with van der Waals surface area (Å²) in [5, 5.41) is 18.7. The van der Waals surface area contributed by atoms with Gasteiger partial charge in [-0.25, -0.2) is 19.6 Å². The van der Waals surface area contributed by atoms with Crippen molar-refractivity contribution in [2.45, 2.75) is 13.1 Å². The van der Waals surface area contributed by atoms with Crippen LogP contribution >= 0.6 is 0 Å². The molecule has 0 bridgehead atoms. The zero-order chi connectivity index (χ0) is 30.0. The standard InChI is InChI=1S/C29H38N4O9/c1-2-10-42-25-19-24(31-27(20-25)29(36)37)22-33-8-13-40-17-15-38-11-6-32(7-12-39-16-18-41-14-9-33)21-23-4-3-5-26(30-23)28(34)35/h1,3-5,19-20H,6-18,21-22H2,(H,34,35)(H,36,37). The third kappa shape index (κ3) is 12.5. The van der Waals surface area contributed by atoms with Gasteiger partial charge in [0.2, 0.25) is 0 Å². The molecule has 1 fully saturated rings. The van der Waals surface area contributed by atoms with Gasteiger partial charge in [-0.1, -0.05) is 12.0 Å². The van der Waals surface area contributed by atoms with Crippen molar-refractivity contribution < 1.29 is 43.5 Å². The van der Waals surface area contributed by atoms with Gasteiger partial charge in [0, 0.05) is 51.4 Å². The zero-order valence-corrected chi connectivity index (χ0v) is 23.6. The highest BCUT2D eigenvalue weighted by atomic mass is 16.5. The van der Waals surface area contributed by atoms with Crippen LogP contribution in [-0.2, 0) is 32.0 Å². The highest BCUT2D eigenvalue weighted by Crippen LogP contribution is 2.16. The van der Waals surface area contributed by atoms with Crippen molar-refractivity contribution in [2.75, 3.05) is 85.6 Å². The summed E-state index contributed by atoms with van der Waals surface area (Å²) < 4.78 is 28.5. The average Bonchev–Trinajstić information content (AvgIpc) is 2.97. The van der Waals surface area contributed by atoms with E-state index in [4.69, 9.17) is 30.1 Å². The normalized spacial score (nSPS) is 17.4. The summed E-state index contributed by atoms with van der Waals surface area (Å²) in [6.07, 6.45) is 5.27. The third-order valence-electron chi connectivity index (χ3n) is 6.14. The molecule has 0 unspecified atom stereocenters. The predicted molar refractivity (Wildman–Crippen MR) is 151 cm³/mol. The van der Waals surface area contributed by atoms with E-state index < -0.39 is 11.9 Å². The number of carbonyl (C=O) groups is 2. The number of pyridine rings is 2. The Hall–Kier alpha value is -3.64. The maximum absolute atomic E-state index is 11.6. The van der Waals surface area contributed by atoms with Crippen LogP contribution in [0.25, 0.3) is 0 Å². The molecule has 0 atom stereocenters. The third-order valence-corrected chi connectivity index (χ3v) is 6.14. The Bertz CT molecular complexity index is 1150. The van der Waals surface area contributed by atoms with Crippen molar-refractivity contribution >= 4 is 11.9 Å². The van der Waals surface area contributed by atoms with E-state index in [-0.39, 0.29) is 18.0 Å². The van der Waals surface area contributed by atoms with E-state index in [1.54, 1.807) is 18.2 Å². The van der Waals surface area contributed by atoms with Crippen LogP contribution in [0.1, 0.15) is 32.4 Å². The molecular weight excluding hydrogens is 548 g/mol. The van der Waals surface area contributed by atoms with Gasteiger partial charge in [-0.3, -0.25) is 9.80 Å². The quantitative estimate of drug-likeness (QED) is 0.427. The molecule has 2 aromatic heterocycles. The molecule has 2 N–H and O–H groups in total. The van der Waals surface area contributed by atoms with Crippen LogP contribution in [0.2, 0.25) is 0 Å². The summed E-state index contributed by atoms with van der Waals surface area (Å²) in [6.45, 7) is 6.66. The van der Waals surface area contributed by atoms with Gasteiger partial charge in [0.1, 0.15) is 18.1 Å². The van der Waals surface area contributed by atoms with Gasteiger partial charge in [0.25, 0.3) is 0 Å². The number of nitrogens with zero attached hydrogens (tertiary/aromatic N) is 4. The van der Waals surface area contributed by atoms with Crippen LogP contribution in [-0.4, -0.2) is 128 Å². The molecule has 13 nitrogen and oxygen atoms in total.